The Hall–Kier alpha value is -4.33. The number of nitrogens with zero attached hydrogens (tertiary/aromatic N) is 3. The van der Waals surface area contributed by atoms with E-state index < -0.39 is 10.8 Å². The van der Waals surface area contributed by atoms with E-state index in [4.69, 9.17) is 0 Å². The fourth-order valence-corrected chi connectivity index (χ4v) is 3.03. The third-order valence-electron chi connectivity index (χ3n) is 4.36. The summed E-state index contributed by atoms with van der Waals surface area (Å²) in [6.07, 6.45) is 1.33. The molecule has 8 heteroatoms. The highest BCUT2D eigenvalue weighted by atomic mass is 16.6. The number of rotatable bonds is 4. The molecule has 0 aliphatic heterocycles. The van der Waals surface area contributed by atoms with Gasteiger partial charge in [-0.15, -0.1) is 0 Å². The van der Waals surface area contributed by atoms with Crippen LogP contribution in [0.4, 0.5) is 11.5 Å². The van der Waals surface area contributed by atoms with Crippen LogP contribution < -0.4 is 5.32 Å². The number of nitrogens with one attached hydrogen (secondary N) is 1. The van der Waals surface area contributed by atoms with Crippen LogP contribution in [0.3, 0.4) is 0 Å². The second-order valence-corrected chi connectivity index (χ2v) is 6.15. The van der Waals surface area contributed by atoms with Crippen LogP contribution in [-0.4, -0.2) is 25.9 Å². The maximum atomic E-state index is 12.8. The molecule has 0 fully saturated rings. The molecule has 0 atom stereocenters. The number of hydrogen-bond acceptors (Lipinski definition) is 6. The molecule has 0 bridgehead atoms. The zero-order valence-corrected chi connectivity index (χ0v) is 14.9. The molecule has 0 radical (unpaired) electrons. The molecule has 0 saturated heterocycles. The van der Waals surface area contributed by atoms with Gasteiger partial charge in [-0.05, 0) is 6.07 Å². The number of fused-ring (bicyclic) bond motifs is 1. The van der Waals surface area contributed by atoms with Crippen molar-refractivity contribution in [3.8, 4) is 17.0 Å². The van der Waals surface area contributed by atoms with Crippen LogP contribution in [0.15, 0.2) is 72.9 Å². The Balaban J connectivity index is 1.85. The van der Waals surface area contributed by atoms with E-state index in [2.05, 4.69) is 15.3 Å². The highest BCUT2D eigenvalue weighted by molar-refractivity contribution is 6.10. The van der Waals surface area contributed by atoms with Gasteiger partial charge in [-0.3, -0.25) is 20.2 Å². The van der Waals surface area contributed by atoms with Crippen LogP contribution in [0, 0.1) is 10.1 Å². The molecule has 4 rings (SSSR count). The molecule has 142 valence electrons. The van der Waals surface area contributed by atoms with Crippen molar-refractivity contribution >= 4 is 28.2 Å². The van der Waals surface area contributed by atoms with Gasteiger partial charge in [-0.2, -0.15) is 0 Å². The molecule has 0 aliphatic rings. The molecule has 2 N–H and O–H groups in total. The van der Waals surface area contributed by atoms with Crippen molar-refractivity contribution in [2.24, 2.45) is 0 Å². The third kappa shape index (κ3) is 3.34. The van der Waals surface area contributed by atoms with Gasteiger partial charge >= 0.3 is 5.69 Å². The highest BCUT2D eigenvalue weighted by Gasteiger charge is 2.23. The summed E-state index contributed by atoms with van der Waals surface area (Å²) < 4.78 is 0. The maximum Gasteiger partial charge on any atom is 0.311 e. The highest BCUT2D eigenvalue weighted by Crippen LogP contribution is 2.35. The van der Waals surface area contributed by atoms with Crippen molar-refractivity contribution in [2.75, 3.05) is 5.32 Å². The first-order chi connectivity index (χ1) is 14.1. The molecule has 8 nitrogen and oxygen atoms in total. The number of anilines is 1. The number of carbonyl (C=O) groups is 1. The first-order valence-corrected chi connectivity index (χ1v) is 8.64. The molecular formula is C21H14N4O4. The standard InChI is InChI=1S/C21H14N4O4/c26-19-15-10-5-4-9-14(15)17(13-7-2-1-3-8-13)23-18(19)21(27)24-20-16(25(28)29)11-6-12-22-20/h1-12,26H,(H,22,24,27). The number of benzene rings is 2. The first-order valence-electron chi connectivity index (χ1n) is 8.64. The quantitative estimate of drug-likeness (QED) is 0.401. The smallest absolute Gasteiger partial charge is 0.311 e. The molecule has 29 heavy (non-hydrogen) atoms. The lowest BCUT2D eigenvalue weighted by Crippen LogP contribution is -2.16. The molecule has 0 spiro atoms. The number of aromatic nitrogens is 2. The summed E-state index contributed by atoms with van der Waals surface area (Å²) in [6.45, 7) is 0. The van der Waals surface area contributed by atoms with Gasteiger partial charge in [0.15, 0.2) is 11.4 Å². The second kappa shape index (κ2) is 7.35. The van der Waals surface area contributed by atoms with E-state index in [1.165, 1.54) is 18.3 Å². The molecule has 2 aromatic carbocycles. The molecule has 2 aromatic heterocycles. The summed E-state index contributed by atoms with van der Waals surface area (Å²) in [5.41, 5.74) is 0.674. The zero-order chi connectivity index (χ0) is 20.4. The minimum Gasteiger partial charge on any atom is -0.505 e. The molecule has 0 aliphatic carbocycles. The third-order valence-corrected chi connectivity index (χ3v) is 4.36. The Morgan fingerprint density at radius 2 is 1.66 bits per heavy atom. The average Bonchev–Trinajstić information content (AvgIpc) is 2.75. The van der Waals surface area contributed by atoms with E-state index in [0.717, 1.165) is 5.56 Å². The Morgan fingerprint density at radius 3 is 2.38 bits per heavy atom. The Morgan fingerprint density at radius 1 is 0.966 bits per heavy atom. The van der Waals surface area contributed by atoms with Gasteiger partial charge in [-0.1, -0.05) is 54.6 Å². The van der Waals surface area contributed by atoms with Crippen molar-refractivity contribution in [2.45, 2.75) is 0 Å². The van der Waals surface area contributed by atoms with Gasteiger partial charge in [0.1, 0.15) is 0 Å². The van der Waals surface area contributed by atoms with Crippen molar-refractivity contribution in [3.05, 3.63) is 88.7 Å². The van der Waals surface area contributed by atoms with Crippen LogP contribution >= 0.6 is 0 Å². The summed E-state index contributed by atoms with van der Waals surface area (Å²) in [6, 6.07) is 18.9. The average molecular weight is 386 g/mol. The number of amides is 1. The van der Waals surface area contributed by atoms with Gasteiger partial charge in [0.2, 0.25) is 5.82 Å². The number of carbonyl (C=O) groups excluding carboxylic acids is 1. The van der Waals surface area contributed by atoms with Crippen LogP contribution in [0.2, 0.25) is 0 Å². The van der Waals surface area contributed by atoms with E-state index >= 15 is 0 Å². The Bertz CT molecular complexity index is 1240. The van der Waals surface area contributed by atoms with Gasteiger partial charge < -0.3 is 5.11 Å². The van der Waals surface area contributed by atoms with E-state index in [-0.39, 0.29) is 22.9 Å². The van der Waals surface area contributed by atoms with E-state index in [1.807, 2.05) is 36.4 Å². The Kier molecular flexibility index (Phi) is 4.58. The van der Waals surface area contributed by atoms with Gasteiger partial charge in [0, 0.05) is 28.6 Å². The van der Waals surface area contributed by atoms with Crippen LogP contribution in [0.25, 0.3) is 22.0 Å². The predicted molar refractivity (Wildman–Crippen MR) is 108 cm³/mol. The monoisotopic (exact) mass is 386 g/mol. The molecular weight excluding hydrogens is 372 g/mol. The maximum absolute atomic E-state index is 12.8. The topological polar surface area (TPSA) is 118 Å². The summed E-state index contributed by atoms with van der Waals surface area (Å²) >= 11 is 0. The lowest BCUT2D eigenvalue weighted by atomic mass is 10.0. The zero-order valence-electron chi connectivity index (χ0n) is 14.9. The summed E-state index contributed by atoms with van der Waals surface area (Å²) in [5.74, 6) is -1.33. The fourth-order valence-electron chi connectivity index (χ4n) is 3.03. The van der Waals surface area contributed by atoms with Crippen molar-refractivity contribution < 1.29 is 14.8 Å². The largest absolute Gasteiger partial charge is 0.505 e. The normalized spacial score (nSPS) is 10.6. The predicted octanol–water partition coefficient (Wildman–Crippen LogP) is 4.16. The van der Waals surface area contributed by atoms with Gasteiger partial charge in [0.05, 0.1) is 10.6 Å². The molecule has 2 heterocycles. The molecule has 1 amide bonds. The lowest BCUT2D eigenvalue weighted by molar-refractivity contribution is -0.384. The summed E-state index contributed by atoms with van der Waals surface area (Å²) in [7, 11) is 0. The number of aromatic hydroxyl groups is 1. The molecule has 0 unspecified atom stereocenters. The number of hydrogen-bond donors (Lipinski definition) is 2. The van der Waals surface area contributed by atoms with Crippen LogP contribution in [0.1, 0.15) is 10.5 Å². The van der Waals surface area contributed by atoms with Crippen LogP contribution in [-0.2, 0) is 0 Å². The molecule has 0 saturated carbocycles. The minimum atomic E-state index is -0.799. The molecule has 4 aromatic rings. The SMILES string of the molecule is O=C(Nc1ncccc1[N+](=O)[O-])c1nc(-c2ccccc2)c2ccccc2c1O. The fraction of sp³-hybridized carbons (Fsp3) is 0. The summed E-state index contributed by atoms with van der Waals surface area (Å²) in [4.78, 5) is 31.6. The minimum absolute atomic E-state index is 0.224. The number of pyridine rings is 2. The Labute approximate surface area is 164 Å². The van der Waals surface area contributed by atoms with E-state index in [1.54, 1.807) is 18.2 Å². The lowest BCUT2D eigenvalue weighted by Gasteiger charge is -2.12. The van der Waals surface area contributed by atoms with Gasteiger partial charge in [-0.25, -0.2) is 9.97 Å². The number of nitro groups is 1. The van der Waals surface area contributed by atoms with E-state index in [0.29, 0.717) is 16.5 Å². The van der Waals surface area contributed by atoms with Crippen molar-refractivity contribution in [1.82, 2.24) is 9.97 Å². The summed E-state index contributed by atoms with van der Waals surface area (Å²) in [5, 5.41) is 25.3. The van der Waals surface area contributed by atoms with Crippen molar-refractivity contribution in [1.29, 1.82) is 0 Å². The van der Waals surface area contributed by atoms with Gasteiger partial charge in [0.25, 0.3) is 5.91 Å². The first kappa shape index (κ1) is 18.1. The second-order valence-electron chi connectivity index (χ2n) is 6.15. The van der Waals surface area contributed by atoms with E-state index in [9.17, 15) is 20.0 Å². The van der Waals surface area contributed by atoms with Crippen molar-refractivity contribution in [3.63, 3.8) is 0 Å². The van der Waals surface area contributed by atoms with Crippen LogP contribution in [0.5, 0.6) is 5.75 Å².